The Kier molecular flexibility index (Phi) is 65.8. The van der Waals surface area contributed by atoms with Gasteiger partial charge in [-0.25, -0.2) is 0 Å². The van der Waals surface area contributed by atoms with E-state index in [9.17, 15) is 14.4 Å². The molecule has 0 aromatic carbocycles. The summed E-state index contributed by atoms with van der Waals surface area (Å²) in [5, 5.41) is 0. The molecule has 0 radical (unpaired) electrons. The molecule has 6 nitrogen and oxygen atoms in total. The van der Waals surface area contributed by atoms with Gasteiger partial charge in [-0.15, -0.1) is 0 Å². The van der Waals surface area contributed by atoms with Crippen LogP contribution in [0.5, 0.6) is 0 Å². The minimum Gasteiger partial charge on any atom is -0.462 e. The number of ether oxygens (including phenoxy) is 3. The first-order chi connectivity index (χ1) is 40.5. The van der Waals surface area contributed by atoms with E-state index in [1.165, 1.54) is 173 Å². The lowest BCUT2D eigenvalue weighted by Gasteiger charge is -2.18. The molecule has 1 atom stereocenters. The van der Waals surface area contributed by atoms with E-state index in [4.69, 9.17) is 14.2 Å². The highest BCUT2D eigenvalue weighted by molar-refractivity contribution is 5.71. The van der Waals surface area contributed by atoms with Crippen molar-refractivity contribution in [2.24, 2.45) is 0 Å². The van der Waals surface area contributed by atoms with E-state index in [-0.39, 0.29) is 44.0 Å². The Bertz CT molecular complexity index is 1690. The average molecular weight is 1140 g/mol. The number of esters is 3. The molecule has 0 saturated heterocycles. The van der Waals surface area contributed by atoms with Crippen LogP contribution in [-0.4, -0.2) is 37.2 Å². The van der Waals surface area contributed by atoms with Crippen LogP contribution in [0.15, 0.2) is 122 Å². The fourth-order valence-corrected chi connectivity index (χ4v) is 9.64. The number of hydrogen-bond acceptors (Lipinski definition) is 6. The van der Waals surface area contributed by atoms with Crippen LogP contribution in [0.2, 0.25) is 0 Å². The molecule has 0 rings (SSSR count). The van der Waals surface area contributed by atoms with Gasteiger partial charge in [0.05, 0.1) is 0 Å². The van der Waals surface area contributed by atoms with Gasteiger partial charge in [0.2, 0.25) is 0 Å². The van der Waals surface area contributed by atoms with Crippen LogP contribution in [0, 0.1) is 0 Å². The minimum absolute atomic E-state index is 0.118. The molecule has 0 fully saturated rings. The van der Waals surface area contributed by atoms with E-state index in [1.54, 1.807) is 0 Å². The fourth-order valence-electron chi connectivity index (χ4n) is 9.64. The fraction of sp³-hybridized carbons (Fsp3) is 0.697. The molecule has 0 heterocycles. The lowest BCUT2D eigenvalue weighted by Crippen LogP contribution is -2.30. The summed E-state index contributed by atoms with van der Waals surface area (Å²) in [6.45, 7) is 6.34. The number of rotatable bonds is 62. The molecule has 0 aliphatic heterocycles. The van der Waals surface area contributed by atoms with Crippen molar-refractivity contribution in [3.8, 4) is 0 Å². The number of allylic oxidation sites excluding steroid dienone is 20. The molecule has 0 N–H and O–H groups in total. The van der Waals surface area contributed by atoms with Crippen molar-refractivity contribution in [3.05, 3.63) is 122 Å². The van der Waals surface area contributed by atoms with Gasteiger partial charge in [0.25, 0.3) is 0 Å². The van der Waals surface area contributed by atoms with Crippen LogP contribution in [0.3, 0.4) is 0 Å². The molecule has 1 unspecified atom stereocenters. The Balaban J connectivity index is 4.31. The third-order valence-electron chi connectivity index (χ3n) is 14.7. The van der Waals surface area contributed by atoms with Crippen LogP contribution < -0.4 is 0 Å². The highest BCUT2D eigenvalue weighted by atomic mass is 16.6. The van der Waals surface area contributed by atoms with Gasteiger partial charge in [0.15, 0.2) is 6.10 Å². The summed E-state index contributed by atoms with van der Waals surface area (Å²) in [6.07, 6.45) is 96.9. The van der Waals surface area contributed by atoms with Gasteiger partial charge < -0.3 is 14.2 Å². The molecule has 468 valence electrons. The van der Waals surface area contributed by atoms with E-state index in [0.717, 1.165) is 96.3 Å². The van der Waals surface area contributed by atoms with Crippen molar-refractivity contribution >= 4 is 17.9 Å². The van der Waals surface area contributed by atoms with E-state index in [1.807, 2.05) is 6.08 Å². The second kappa shape index (κ2) is 69.3. The molecule has 0 aliphatic rings. The molecule has 0 aliphatic carbocycles. The highest BCUT2D eigenvalue weighted by Gasteiger charge is 2.19. The maximum absolute atomic E-state index is 12.9. The van der Waals surface area contributed by atoms with Crippen molar-refractivity contribution in [2.75, 3.05) is 13.2 Å². The lowest BCUT2D eigenvalue weighted by molar-refractivity contribution is -0.166. The van der Waals surface area contributed by atoms with E-state index < -0.39 is 6.10 Å². The third kappa shape index (κ3) is 66.6. The number of carbonyl (C=O) groups excluding carboxylic acids is 3. The van der Waals surface area contributed by atoms with Crippen molar-refractivity contribution in [3.63, 3.8) is 0 Å². The van der Waals surface area contributed by atoms with E-state index in [2.05, 4.69) is 136 Å². The predicted molar refractivity (Wildman–Crippen MR) is 357 cm³/mol. The molecule has 0 spiro atoms. The summed E-state index contributed by atoms with van der Waals surface area (Å²) in [5.41, 5.74) is 0. The molecular weight excluding hydrogens is 1010 g/mol. The van der Waals surface area contributed by atoms with Crippen LogP contribution in [0.1, 0.15) is 323 Å². The van der Waals surface area contributed by atoms with Crippen LogP contribution in [0.25, 0.3) is 0 Å². The summed E-state index contributed by atoms with van der Waals surface area (Å²) < 4.78 is 16.8. The van der Waals surface area contributed by atoms with Crippen LogP contribution >= 0.6 is 0 Å². The largest absolute Gasteiger partial charge is 0.462 e. The van der Waals surface area contributed by atoms with E-state index >= 15 is 0 Å². The molecule has 0 bridgehead atoms. The monoisotopic (exact) mass is 1140 g/mol. The summed E-state index contributed by atoms with van der Waals surface area (Å²) in [5.74, 6) is -1.04. The lowest BCUT2D eigenvalue weighted by atomic mass is 10.0. The summed E-state index contributed by atoms with van der Waals surface area (Å²) in [7, 11) is 0. The number of unbranched alkanes of at least 4 members (excludes halogenated alkanes) is 31. The molecule has 82 heavy (non-hydrogen) atoms. The quantitative estimate of drug-likeness (QED) is 0.0261. The summed E-state index contributed by atoms with van der Waals surface area (Å²) in [6, 6.07) is 0. The summed E-state index contributed by atoms with van der Waals surface area (Å²) >= 11 is 0. The third-order valence-corrected chi connectivity index (χ3v) is 14.7. The molecular formula is C76H128O6. The molecule has 0 aromatic rings. The first-order valence-electron chi connectivity index (χ1n) is 34.5. The van der Waals surface area contributed by atoms with Crippen LogP contribution in [-0.2, 0) is 28.6 Å². The van der Waals surface area contributed by atoms with Crippen LogP contribution in [0.4, 0.5) is 0 Å². The molecule has 0 aromatic heterocycles. The average Bonchev–Trinajstić information content (AvgIpc) is 3.47. The second-order valence-electron chi connectivity index (χ2n) is 22.7. The van der Waals surface area contributed by atoms with Crippen molar-refractivity contribution in [1.29, 1.82) is 0 Å². The maximum Gasteiger partial charge on any atom is 0.306 e. The predicted octanol–water partition coefficient (Wildman–Crippen LogP) is 23.9. The first kappa shape index (κ1) is 77.8. The Hall–Kier alpha value is -4.19. The SMILES string of the molecule is CC/C=C\C/C=C\C/C=C\C/C=C\C/C=C\C/C=C\CCCCC(=O)OC(COC(=O)CC/C=C\C/C=C\C/C=C\C/C=C\CC)COC(=O)CCCCCCCCCCCCCCCCCCCCCCCCCCCCCCCC. The van der Waals surface area contributed by atoms with Gasteiger partial charge in [-0.05, 0) is 96.3 Å². The zero-order valence-corrected chi connectivity index (χ0v) is 53.7. The zero-order chi connectivity index (χ0) is 59.2. The van der Waals surface area contributed by atoms with Crippen molar-refractivity contribution in [2.45, 2.75) is 329 Å². The van der Waals surface area contributed by atoms with Gasteiger partial charge in [0.1, 0.15) is 13.2 Å². The molecule has 0 saturated carbocycles. The topological polar surface area (TPSA) is 78.9 Å². The maximum atomic E-state index is 12.9. The van der Waals surface area contributed by atoms with E-state index in [0.29, 0.717) is 19.3 Å². The van der Waals surface area contributed by atoms with Gasteiger partial charge in [-0.3, -0.25) is 14.4 Å². The Morgan fingerprint density at radius 3 is 0.817 bits per heavy atom. The molecule has 0 amide bonds. The number of hydrogen-bond donors (Lipinski definition) is 0. The Morgan fingerprint density at radius 1 is 0.256 bits per heavy atom. The Labute approximate surface area is 507 Å². The first-order valence-corrected chi connectivity index (χ1v) is 34.5. The van der Waals surface area contributed by atoms with Gasteiger partial charge in [0, 0.05) is 19.3 Å². The zero-order valence-electron chi connectivity index (χ0n) is 53.7. The minimum atomic E-state index is -0.834. The van der Waals surface area contributed by atoms with Gasteiger partial charge >= 0.3 is 17.9 Å². The van der Waals surface area contributed by atoms with Gasteiger partial charge in [-0.2, -0.15) is 0 Å². The highest BCUT2D eigenvalue weighted by Crippen LogP contribution is 2.18. The Morgan fingerprint density at radius 2 is 0.500 bits per heavy atom. The second-order valence-corrected chi connectivity index (χ2v) is 22.7. The standard InChI is InChI=1S/C76H128O6/c1-4-7-10-13-16-19-22-25-27-29-31-33-34-35-36-37-38-39-40-41-43-44-46-48-51-54-57-60-63-66-69-75(78)81-72-73(71-80-74(77)68-65-62-59-56-53-50-24-21-18-15-12-9-6-3)82-76(79)70-67-64-61-58-55-52-49-47-45-42-32-30-28-26-23-20-17-14-11-8-5-2/h8-9,11-12,17-18,20-21,26,28,32,42,47,49-50,53,55,58-59,62,73H,4-7,10,13-16,19,22-25,27,29-31,33-41,43-46,48,51-52,54,56-57,60-61,63-72H2,1-3H3/b11-8-,12-9-,20-17-,21-18-,28-26-,42-32-,49-47-,53-50-,58-55-,62-59-. The van der Waals surface area contributed by atoms with Crippen molar-refractivity contribution < 1.29 is 28.6 Å². The van der Waals surface area contributed by atoms with Crippen molar-refractivity contribution in [1.82, 2.24) is 0 Å². The molecule has 6 heteroatoms. The van der Waals surface area contributed by atoms with Gasteiger partial charge in [-0.1, -0.05) is 328 Å². The smallest absolute Gasteiger partial charge is 0.306 e. The summed E-state index contributed by atoms with van der Waals surface area (Å²) in [4.78, 5) is 38.3. The number of carbonyl (C=O) groups is 3. The normalized spacial score (nSPS) is 12.9.